The van der Waals surface area contributed by atoms with Crippen molar-refractivity contribution >= 4 is 38.9 Å². The van der Waals surface area contributed by atoms with Gasteiger partial charge in [0.1, 0.15) is 17.5 Å². The fraction of sp³-hybridized carbons (Fsp3) is 0.231. The van der Waals surface area contributed by atoms with Gasteiger partial charge in [-0.3, -0.25) is 0 Å². The van der Waals surface area contributed by atoms with Crippen molar-refractivity contribution in [2.45, 2.75) is 5.16 Å². The average molecular weight is 334 g/mol. The number of pyridine rings is 1. The van der Waals surface area contributed by atoms with Gasteiger partial charge < -0.3 is 5.32 Å². The lowest BCUT2D eigenvalue weighted by Crippen LogP contribution is -2.01. The SMILES string of the molecule is CSc1ncc(C#N)c(Nc2cccc(N=S(C)(C)=O)n2)n1. The normalized spacial score (nSPS) is 10.8. The number of nitrogens with one attached hydrogen (secondary N) is 1. The standard InChI is InChI=1S/C13H14N6OS2/c1-21-13-15-8-9(7-14)12(18-13)17-10-5-4-6-11(16-10)19-22(2,3)20/h4-6,8H,1-3H3,(H,15,16,17,18). The van der Waals surface area contributed by atoms with Crippen LogP contribution in [0.4, 0.5) is 17.5 Å². The molecule has 0 aromatic carbocycles. The molecule has 0 spiro atoms. The zero-order chi connectivity index (χ0) is 16.2. The molecule has 0 aliphatic carbocycles. The van der Waals surface area contributed by atoms with Crippen LogP contribution >= 0.6 is 11.8 Å². The maximum atomic E-state index is 11.7. The Balaban J connectivity index is 2.38. The fourth-order valence-electron chi connectivity index (χ4n) is 1.53. The molecule has 2 aromatic rings. The quantitative estimate of drug-likeness (QED) is 0.677. The third-order valence-electron chi connectivity index (χ3n) is 2.36. The summed E-state index contributed by atoms with van der Waals surface area (Å²) in [6, 6.07) is 7.14. The van der Waals surface area contributed by atoms with Crippen LogP contribution < -0.4 is 5.32 Å². The molecule has 7 nitrogen and oxygen atoms in total. The highest BCUT2D eigenvalue weighted by Crippen LogP contribution is 2.21. The second-order valence-electron chi connectivity index (χ2n) is 4.51. The van der Waals surface area contributed by atoms with Gasteiger partial charge in [0.25, 0.3) is 0 Å². The van der Waals surface area contributed by atoms with Crippen molar-refractivity contribution in [2.24, 2.45) is 4.36 Å². The van der Waals surface area contributed by atoms with Crippen molar-refractivity contribution in [3.05, 3.63) is 30.0 Å². The van der Waals surface area contributed by atoms with E-state index in [1.807, 2.05) is 12.3 Å². The maximum absolute atomic E-state index is 11.7. The lowest BCUT2D eigenvalue weighted by atomic mass is 10.3. The van der Waals surface area contributed by atoms with E-state index in [9.17, 15) is 4.21 Å². The molecule has 0 aliphatic rings. The number of nitrogens with zero attached hydrogens (tertiary/aromatic N) is 5. The molecule has 0 bridgehead atoms. The Morgan fingerprint density at radius 2 is 2.14 bits per heavy atom. The van der Waals surface area contributed by atoms with E-state index in [1.165, 1.54) is 30.5 Å². The molecule has 1 N–H and O–H groups in total. The first-order chi connectivity index (χ1) is 10.4. The number of hydrogen-bond acceptors (Lipinski definition) is 8. The fourth-order valence-corrected chi connectivity index (χ4v) is 2.42. The first-order valence-electron chi connectivity index (χ1n) is 6.13. The van der Waals surface area contributed by atoms with Crippen molar-refractivity contribution in [3.63, 3.8) is 0 Å². The highest BCUT2D eigenvalue weighted by Gasteiger charge is 2.08. The van der Waals surface area contributed by atoms with Gasteiger partial charge in [-0.2, -0.15) is 9.62 Å². The molecule has 0 amide bonds. The minimum Gasteiger partial charge on any atom is -0.324 e. The third-order valence-corrected chi connectivity index (χ3v) is 3.55. The minimum absolute atomic E-state index is 0.316. The Morgan fingerprint density at radius 3 is 2.77 bits per heavy atom. The highest BCUT2D eigenvalue weighted by atomic mass is 32.2. The smallest absolute Gasteiger partial charge is 0.189 e. The number of aromatic nitrogens is 3. The van der Waals surface area contributed by atoms with Crippen LogP contribution in [0.3, 0.4) is 0 Å². The van der Waals surface area contributed by atoms with Crippen LogP contribution in [0, 0.1) is 11.3 Å². The van der Waals surface area contributed by atoms with Gasteiger partial charge >= 0.3 is 0 Å². The maximum Gasteiger partial charge on any atom is 0.189 e. The van der Waals surface area contributed by atoms with E-state index in [1.54, 1.807) is 18.2 Å². The Morgan fingerprint density at radius 1 is 1.36 bits per heavy atom. The number of hydrogen-bond donors (Lipinski definition) is 1. The van der Waals surface area contributed by atoms with Crippen molar-refractivity contribution in [3.8, 4) is 6.07 Å². The van der Waals surface area contributed by atoms with Crippen molar-refractivity contribution in [2.75, 3.05) is 24.1 Å². The van der Waals surface area contributed by atoms with Gasteiger partial charge in [0, 0.05) is 22.2 Å². The summed E-state index contributed by atoms with van der Waals surface area (Å²) in [4.78, 5) is 12.6. The molecule has 0 unspecified atom stereocenters. The Labute approximate surface area is 133 Å². The molecule has 0 aliphatic heterocycles. The molecule has 2 aromatic heterocycles. The summed E-state index contributed by atoms with van der Waals surface area (Å²) < 4.78 is 15.8. The predicted octanol–water partition coefficient (Wildman–Crippen LogP) is 2.57. The van der Waals surface area contributed by atoms with Gasteiger partial charge in [0.2, 0.25) is 0 Å². The van der Waals surface area contributed by atoms with Gasteiger partial charge in [0.15, 0.2) is 16.8 Å². The largest absolute Gasteiger partial charge is 0.324 e. The topological polar surface area (TPSA) is 104 Å². The van der Waals surface area contributed by atoms with Crippen LogP contribution in [-0.4, -0.2) is 37.9 Å². The van der Waals surface area contributed by atoms with E-state index in [-0.39, 0.29) is 0 Å². The monoisotopic (exact) mass is 334 g/mol. The summed E-state index contributed by atoms with van der Waals surface area (Å²) >= 11 is 1.38. The third kappa shape index (κ3) is 4.41. The summed E-state index contributed by atoms with van der Waals surface area (Å²) in [6.45, 7) is 0. The van der Waals surface area contributed by atoms with Crippen LogP contribution in [0.5, 0.6) is 0 Å². The molecular formula is C13H14N6OS2. The highest BCUT2D eigenvalue weighted by molar-refractivity contribution is 7.98. The molecule has 0 saturated heterocycles. The predicted molar refractivity (Wildman–Crippen MR) is 88.1 cm³/mol. The summed E-state index contributed by atoms with van der Waals surface area (Å²) in [5.41, 5.74) is 0.316. The molecule has 22 heavy (non-hydrogen) atoms. The van der Waals surface area contributed by atoms with Crippen LogP contribution in [0.25, 0.3) is 0 Å². The number of thioether (sulfide) groups is 1. The lowest BCUT2D eigenvalue weighted by Gasteiger charge is -2.07. The molecular weight excluding hydrogens is 320 g/mol. The first-order valence-corrected chi connectivity index (χ1v) is 9.69. The second-order valence-corrected chi connectivity index (χ2v) is 7.83. The second kappa shape index (κ2) is 6.72. The zero-order valence-corrected chi connectivity index (χ0v) is 13.9. The van der Waals surface area contributed by atoms with Crippen LogP contribution in [0.2, 0.25) is 0 Å². The molecule has 2 rings (SSSR count). The summed E-state index contributed by atoms with van der Waals surface area (Å²) in [5.74, 6) is 1.20. The molecule has 0 fully saturated rings. The molecule has 0 atom stereocenters. The van der Waals surface area contributed by atoms with Gasteiger partial charge in [0.05, 0.1) is 6.20 Å². The van der Waals surface area contributed by atoms with Crippen molar-refractivity contribution < 1.29 is 4.21 Å². The van der Waals surface area contributed by atoms with E-state index in [4.69, 9.17) is 5.26 Å². The number of rotatable bonds is 4. The number of nitriles is 1. The Bertz CT molecular complexity index is 844. The van der Waals surface area contributed by atoms with Crippen molar-refractivity contribution in [1.82, 2.24) is 15.0 Å². The van der Waals surface area contributed by atoms with Crippen LogP contribution in [0.1, 0.15) is 5.56 Å². The molecule has 114 valence electrons. The van der Waals surface area contributed by atoms with E-state index >= 15 is 0 Å². The summed E-state index contributed by atoms with van der Waals surface area (Å²) in [7, 11) is -2.29. The molecule has 0 saturated carbocycles. The minimum atomic E-state index is -2.29. The van der Waals surface area contributed by atoms with Crippen LogP contribution in [0.15, 0.2) is 33.9 Å². The zero-order valence-electron chi connectivity index (χ0n) is 12.3. The lowest BCUT2D eigenvalue weighted by molar-refractivity contribution is 0.684. The summed E-state index contributed by atoms with van der Waals surface area (Å²) in [6.07, 6.45) is 6.39. The van der Waals surface area contributed by atoms with Gasteiger partial charge in [-0.25, -0.2) is 19.2 Å². The van der Waals surface area contributed by atoms with Gasteiger partial charge in [-0.1, -0.05) is 17.8 Å². The Kier molecular flexibility index (Phi) is 4.95. The molecule has 9 heteroatoms. The number of anilines is 2. The van der Waals surface area contributed by atoms with E-state index in [0.29, 0.717) is 28.2 Å². The first kappa shape index (κ1) is 16.2. The van der Waals surface area contributed by atoms with Gasteiger partial charge in [-0.05, 0) is 18.4 Å². The van der Waals surface area contributed by atoms with Crippen LogP contribution in [-0.2, 0) is 9.73 Å². The van der Waals surface area contributed by atoms with E-state index < -0.39 is 9.73 Å². The van der Waals surface area contributed by atoms with Gasteiger partial charge in [-0.15, -0.1) is 0 Å². The molecule has 0 radical (unpaired) electrons. The average Bonchev–Trinajstić information content (AvgIpc) is 2.45. The molecule has 2 heterocycles. The van der Waals surface area contributed by atoms with Crippen molar-refractivity contribution in [1.29, 1.82) is 5.26 Å². The van der Waals surface area contributed by atoms with E-state index in [0.717, 1.165) is 0 Å². The van der Waals surface area contributed by atoms with E-state index in [2.05, 4.69) is 24.6 Å². The summed E-state index contributed by atoms with van der Waals surface area (Å²) in [5, 5.41) is 12.6. The Hall–Kier alpha value is -2.18.